The number of aliphatic imine (C=N–C) groups is 1. The molecule has 18 heavy (non-hydrogen) atoms. The van der Waals surface area contributed by atoms with E-state index >= 15 is 0 Å². The molecule has 1 aromatic heterocycles. The molecule has 94 valence electrons. The maximum atomic E-state index is 5.68. The number of hydrogen-bond donors (Lipinski definition) is 1. The fraction of sp³-hybridized carbons (Fsp3) is 0.250. The van der Waals surface area contributed by atoms with E-state index in [4.69, 9.17) is 10.6 Å². The van der Waals surface area contributed by atoms with E-state index in [2.05, 4.69) is 15.2 Å². The normalized spacial score (nSPS) is 11.3. The molecule has 0 spiro atoms. The van der Waals surface area contributed by atoms with Crippen molar-refractivity contribution in [3.63, 3.8) is 0 Å². The Balaban J connectivity index is 2.23. The zero-order valence-electron chi connectivity index (χ0n) is 10.3. The molecular weight excluding hydrogens is 230 g/mol. The lowest BCUT2D eigenvalue weighted by Crippen LogP contribution is -2.07. The maximum Gasteiger partial charge on any atom is 0.269 e. The lowest BCUT2D eigenvalue weighted by molar-refractivity contribution is 0.242. The molecular formula is C12H15N5O. The minimum absolute atomic E-state index is 0.109. The van der Waals surface area contributed by atoms with Crippen LogP contribution in [-0.4, -0.2) is 27.2 Å². The zero-order chi connectivity index (χ0) is 13.0. The molecule has 0 aliphatic carbocycles. The largest absolute Gasteiger partial charge is 0.490 e. The highest BCUT2D eigenvalue weighted by Crippen LogP contribution is 2.18. The van der Waals surface area contributed by atoms with Crippen molar-refractivity contribution < 1.29 is 4.74 Å². The van der Waals surface area contributed by atoms with Crippen LogP contribution in [0.25, 0.3) is 0 Å². The Hall–Kier alpha value is -2.37. The number of nitrogen functional groups attached to an aromatic ring is 1. The standard InChI is InChI=1S/C12H15N5O/c1-9(2)18-11-6-4-3-5-10(11)7-14-12-16-15-8-17(12)13/h3-9H,13H2,1-2H3/b14-7+. The van der Waals surface area contributed by atoms with E-state index in [9.17, 15) is 0 Å². The van der Waals surface area contributed by atoms with Gasteiger partial charge >= 0.3 is 0 Å². The average molecular weight is 245 g/mol. The lowest BCUT2D eigenvalue weighted by atomic mass is 10.2. The van der Waals surface area contributed by atoms with Crippen molar-refractivity contribution in [2.24, 2.45) is 4.99 Å². The Kier molecular flexibility index (Phi) is 3.57. The van der Waals surface area contributed by atoms with Gasteiger partial charge in [-0.1, -0.05) is 12.1 Å². The smallest absolute Gasteiger partial charge is 0.269 e. The second-order valence-corrected chi connectivity index (χ2v) is 4.00. The maximum absolute atomic E-state index is 5.68. The summed E-state index contributed by atoms with van der Waals surface area (Å²) < 4.78 is 6.93. The molecule has 2 rings (SSSR count). The van der Waals surface area contributed by atoms with Crippen molar-refractivity contribution in [3.05, 3.63) is 36.2 Å². The van der Waals surface area contributed by atoms with Crippen LogP contribution in [0.15, 0.2) is 35.6 Å². The summed E-state index contributed by atoms with van der Waals surface area (Å²) in [6, 6.07) is 7.65. The Morgan fingerprint density at radius 2 is 2.17 bits per heavy atom. The van der Waals surface area contributed by atoms with Gasteiger partial charge in [-0.25, -0.2) is 9.67 Å². The van der Waals surface area contributed by atoms with Crippen LogP contribution < -0.4 is 10.6 Å². The topological polar surface area (TPSA) is 78.3 Å². The van der Waals surface area contributed by atoms with Gasteiger partial charge in [0.25, 0.3) is 5.95 Å². The molecule has 0 saturated heterocycles. The van der Waals surface area contributed by atoms with Gasteiger partial charge in [0.1, 0.15) is 12.1 Å². The average Bonchev–Trinajstić information content (AvgIpc) is 2.73. The molecule has 6 nitrogen and oxygen atoms in total. The molecule has 0 saturated carbocycles. The van der Waals surface area contributed by atoms with Crippen LogP contribution >= 0.6 is 0 Å². The number of nitrogens with zero attached hydrogens (tertiary/aromatic N) is 4. The summed E-state index contributed by atoms with van der Waals surface area (Å²) >= 11 is 0. The van der Waals surface area contributed by atoms with E-state index in [1.807, 2.05) is 38.1 Å². The van der Waals surface area contributed by atoms with Crippen LogP contribution in [0.4, 0.5) is 5.95 Å². The summed E-state index contributed by atoms with van der Waals surface area (Å²) in [6.45, 7) is 3.95. The third-order valence-electron chi connectivity index (χ3n) is 2.15. The number of aromatic nitrogens is 3. The zero-order valence-corrected chi connectivity index (χ0v) is 10.3. The van der Waals surface area contributed by atoms with Crippen LogP contribution in [0.3, 0.4) is 0 Å². The van der Waals surface area contributed by atoms with E-state index < -0.39 is 0 Å². The van der Waals surface area contributed by atoms with Crippen molar-refractivity contribution in [1.29, 1.82) is 0 Å². The number of para-hydroxylation sites is 1. The highest BCUT2D eigenvalue weighted by atomic mass is 16.5. The molecule has 1 heterocycles. The highest BCUT2D eigenvalue weighted by Gasteiger charge is 2.03. The first-order chi connectivity index (χ1) is 8.66. The first-order valence-electron chi connectivity index (χ1n) is 5.61. The second-order valence-electron chi connectivity index (χ2n) is 4.00. The van der Waals surface area contributed by atoms with Gasteiger partial charge in [-0.3, -0.25) is 0 Å². The second kappa shape index (κ2) is 5.31. The van der Waals surface area contributed by atoms with Crippen molar-refractivity contribution in [1.82, 2.24) is 14.9 Å². The summed E-state index contributed by atoms with van der Waals surface area (Å²) in [5, 5.41) is 7.42. The van der Waals surface area contributed by atoms with Crippen LogP contribution in [0, 0.1) is 0 Å². The molecule has 0 aliphatic heterocycles. The Bertz CT molecular complexity index is 547. The predicted molar refractivity (Wildman–Crippen MR) is 69.6 cm³/mol. The third kappa shape index (κ3) is 2.85. The fourth-order valence-corrected chi connectivity index (χ4v) is 1.40. The fourth-order valence-electron chi connectivity index (χ4n) is 1.40. The molecule has 0 bridgehead atoms. The van der Waals surface area contributed by atoms with Gasteiger partial charge in [-0.05, 0) is 26.0 Å². The molecule has 0 radical (unpaired) electrons. The molecule has 0 unspecified atom stereocenters. The molecule has 0 fully saturated rings. The van der Waals surface area contributed by atoms with Crippen LogP contribution in [0.5, 0.6) is 5.75 Å². The monoisotopic (exact) mass is 245 g/mol. The SMILES string of the molecule is CC(C)Oc1ccccc1/C=N/c1nncn1N. The molecule has 1 aromatic carbocycles. The third-order valence-corrected chi connectivity index (χ3v) is 2.15. The lowest BCUT2D eigenvalue weighted by Gasteiger charge is -2.11. The summed E-state index contributed by atoms with van der Waals surface area (Å²) in [6.07, 6.45) is 3.16. The number of nitrogens with two attached hydrogens (primary N) is 1. The Labute approximate surface area is 105 Å². The van der Waals surface area contributed by atoms with Gasteiger partial charge in [0.15, 0.2) is 0 Å². The van der Waals surface area contributed by atoms with Crippen molar-refractivity contribution >= 4 is 12.2 Å². The van der Waals surface area contributed by atoms with Crippen molar-refractivity contribution in [3.8, 4) is 5.75 Å². The number of rotatable bonds is 4. The minimum Gasteiger partial charge on any atom is -0.490 e. The predicted octanol–water partition coefficient (Wildman–Crippen LogP) is 1.53. The molecule has 0 amide bonds. The summed E-state index contributed by atoms with van der Waals surface area (Å²) in [7, 11) is 0. The molecule has 2 aromatic rings. The van der Waals surface area contributed by atoms with Crippen molar-refractivity contribution in [2.45, 2.75) is 20.0 Å². The quantitative estimate of drug-likeness (QED) is 0.654. The first kappa shape index (κ1) is 12.1. The summed E-state index contributed by atoms with van der Waals surface area (Å²) in [4.78, 5) is 4.16. The number of hydrogen-bond acceptors (Lipinski definition) is 5. The van der Waals surface area contributed by atoms with Gasteiger partial charge in [-0.2, -0.15) is 0 Å². The van der Waals surface area contributed by atoms with Gasteiger partial charge in [0, 0.05) is 11.8 Å². The molecule has 0 aliphatic rings. The highest BCUT2D eigenvalue weighted by molar-refractivity contribution is 5.84. The van der Waals surface area contributed by atoms with Gasteiger partial charge < -0.3 is 10.6 Å². The van der Waals surface area contributed by atoms with Crippen LogP contribution in [-0.2, 0) is 0 Å². The van der Waals surface area contributed by atoms with E-state index in [1.54, 1.807) is 6.21 Å². The molecule has 0 atom stereocenters. The van der Waals surface area contributed by atoms with Crippen LogP contribution in [0.2, 0.25) is 0 Å². The summed E-state index contributed by atoms with van der Waals surface area (Å²) in [5.74, 6) is 6.69. The van der Waals surface area contributed by atoms with Gasteiger partial charge in [0.2, 0.25) is 0 Å². The number of benzene rings is 1. The van der Waals surface area contributed by atoms with Crippen LogP contribution in [0.1, 0.15) is 19.4 Å². The molecule has 2 N–H and O–H groups in total. The first-order valence-corrected chi connectivity index (χ1v) is 5.61. The van der Waals surface area contributed by atoms with E-state index in [0.29, 0.717) is 5.95 Å². The van der Waals surface area contributed by atoms with E-state index in [1.165, 1.54) is 11.0 Å². The molecule has 6 heteroatoms. The van der Waals surface area contributed by atoms with Crippen molar-refractivity contribution in [2.75, 3.05) is 5.84 Å². The van der Waals surface area contributed by atoms with E-state index in [-0.39, 0.29) is 6.10 Å². The number of ether oxygens (including phenoxy) is 1. The minimum atomic E-state index is 0.109. The summed E-state index contributed by atoms with van der Waals surface area (Å²) in [5.41, 5.74) is 0.870. The van der Waals surface area contributed by atoms with Gasteiger partial charge in [-0.15, -0.1) is 10.2 Å². The van der Waals surface area contributed by atoms with Gasteiger partial charge in [0.05, 0.1) is 6.10 Å². The van der Waals surface area contributed by atoms with E-state index in [0.717, 1.165) is 11.3 Å². The Morgan fingerprint density at radius 1 is 1.39 bits per heavy atom. The Morgan fingerprint density at radius 3 is 2.83 bits per heavy atom.